The van der Waals surface area contributed by atoms with Crippen molar-refractivity contribution in [3.8, 4) is 11.5 Å². The van der Waals surface area contributed by atoms with E-state index in [-0.39, 0.29) is 11.9 Å². The Hall–Kier alpha value is -1.81. The number of hydrogen-bond donors (Lipinski definition) is 0. The Balaban J connectivity index is 2.15. The zero-order valence-corrected chi connectivity index (χ0v) is 12.0. The van der Waals surface area contributed by atoms with Gasteiger partial charge in [0.15, 0.2) is 0 Å². The zero-order chi connectivity index (χ0) is 13.8. The first-order valence-corrected chi connectivity index (χ1v) is 6.92. The number of benzene rings is 1. The fourth-order valence-electron chi connectivity index (χ4n) is 1.64. The van der Waals surface area contributed by atoms with Gasteiger partial charge in [0.25, 0.3) is 0 Å². The van der Waals surface area contributed by atoms with Crippen LogP contribution in [0.15, 0.2) is 35.7 Å². The van der Waals surface area contributed by atoms with E-state index in [1.165, 1.54) is 11.3 Å². The molecule has 100 valence electrons. The van der Waals surface area contributed by atoms with E-state index in [9.17, 15) is 4.79 Å². The summed E-state index contributed by atoms with van der Waals surface area (Å²) in [4.78, 5) is 12.9. The summed E-state index contributed by atoms with van der Waals surface area (Å²) in [6.07, 6.45) is 0.128. The number of ether oxygens (including phenoxy) is 2. The molecule has 0 bridgehead atoms. The van der Waals surface area contributed by atoms with Crippen molar-refractivity contribution in [2.24, 2.45) is 0 Å². The maximum absolute atomic E-state index is 12.2. The van der Waals surface area contributed by atoms with E-state index >= 15 is 0 Å². The summed E-state index contributed by atoms with van der Waals surface area (Å²) in [5, 5.41) is 1.82. The minimum absolute atomic E-state index is 0.00407. The monoisotopic (exact) mass is 276 g/mol. The highest BCUT2D eigenvalue weighted by atomic mass is 32.1. The lowest BCUT2D eigenvalue weighted by Crippen LogP contribution is -2.06. The molecule has 0 fully saturated rings. The Morgan fingerprint density at radius 1 is 1.16 bits per heavy atom. The van der Waals surface area contributed by atoms with Crippen LogP contribution in [0.1, 0.15) is 29.1 Å². The Bertz CT molecular complexity index is 555. The van der Waals surface area contributed by atoms with Crippen molar-refractivity contribution < 1.29 is 14.3 Å². The number of carbonyl (C=O) groups excluding carboxylic acids is 1. The number of rotatable bonds is 5. The molecule has 19 heavy (non-hydrogen) atoms. The average molecular weight is 276 g/mol. The third-order valence-corrected chi connectivity index (χ3v) is 3.43. The summed E-state index contributed by atoms with van der Waals surface area (Å²) < 4.78 is 10.6. The lowest BCUT2D eigenvalue weighted by Gasteiger charge is -2.09. The van der Waals surface area contributed by atoms with E-state index in [4.69, 9.17) is 9.47 Å². The number of thiophene rings is 1. The second kappa shape index (κ2) is 5.89. The first-order chi connectivity index (χ1) is 9.10. The molecule has 0 radical (unpaired) electrons. The fourth-order valence-corrected chi connectivity index (χ4v) is 2.46. The van der Waals surface area contributed by atoms with Crippen molar-refractivity contribution >= 4 is 17.1 Å². The van der Waals surface area contributed by atoms with Gasteiger partial charge in [0.2, 0.25) is 5.78 Å². The molecule has 0 aliphatic carbocycles. The van der Waals surface area contributed by atoms with E-state index in [0.717, 1.165) is 5.75 Å². The molecule has 2 aromatic rings. The summed E-state index contributed by atoms with van der Waals surface area (Å²) in [5.41, 5.74) is 0.653. The van der Waals surface area contributed by atoms with Gasteiger partial charge in [-0.2, -0.15) is 0 Å². The minimum atomic E-state index is 0.00407. The molecule has 0 atom stereocenters. The second-order valence-electron chi connectivity index (χ2n) is 4.37. The molecule has 1 aromatic heterocycles. The quantitative estimate of drug-likeness (QED) is 0.780. The van der Waals surface area contributed by atoms with Crippen molar-refractivity contribution in [2.75, 3.05) is 7.11 Å². The smallest absolute Gasteiger partial charge is 0.203 e. The van der Waals surface area contributed by atoms with Crippen LogP contribution in [0.3, 0.4) is 0 Å². The van der Waals surface area contributed by atoms with Crippen LogP contribution in [-0.4, -0.2) is 19.0 Å². The molecule has 1 aromatic carbocycles. The Labute approximate surface area is 116 Å². The summed E-state index contributed by atoms with van der Waals surface area (Å²) in [6.45, 7) is 3.94. The topological polar surface area (TPSA) is 35.5 Å². The number of carbonyl (C=O) groups is 1. The van der Waals surface area contributed by atoms with E-state index in [2.05, 4.69) is 0 Å². The third kappa shape index (κ3) is 3.35. The van der Waals surface area contributed by atoms with Crippen LogP contribution in [0, 0.1) is 0 Å². The van der Waals surface area contributed by atoms with Crippen LogP contribution in [0.2, 0.25) is 0 Å². The Morgan fingerprint density at radius 2 is 1.84 bits per heavy atom. The molecule has 0 amide bonds. The van der Waals surface area contributed by atoms with Gasteiger partial charge in [-0.15, -0.1) is 11.3 Å². The summed E-state index contributed by atoms with van der Waals surface area (Å²) in [6, 6.07) is 8.96. The SMILES string of the molecule is COc1csc(C(=O)c2ccc(OC(C)C)cc2)c1. The maximum Gasteiger partial charge on any atom is 0.203 e. The van der Waals surface area contributed by atoms with Gasteiger partial charge in [0.1, 0.15) is 11.5 Å². The molecule has 0 unspecified atom stereocenters. The second-order valence-corrected chi connectivity index (χ2v) is 5.28. The zero-order valence-electron chi connectivity index (χ0n) is 11.2. The summed E-state index contributed by atoms with van der Waals surface area (Å²) >= 11 is 1.39. The van der Waals surface area contributed by atoms with Crippen LogP contribution in [0.5, 0.6) is 11.5 Å². The van der Waals surface area contributed by atoms with Crippen LogP contribution in [0.25, 0.3) is 0 Å². The van der Waals surface area contributed by atoms with Crippen molar-refractivity contribution in [3.05, 3.63) is 46.2 Å². The third-order valence-electron chi connectivity index (χ3n) is 2.52. The maximum atomic E-state index is 12.2. The molecule has 2 rings (SSSR count). The van der Waals surface area contributed by atoms with Gasteiger partial charge in [0.05, 0.1) is 18.1 Å². The van der Waals surface area contributed by atoms with Gasteiger partial charge >= 0.3 is 0 Å². The van der Waals surface area contributed by atoms with Crippen LogP contribution >= 0.6 is 11.3 Å². The summed E-state index contributed by atoms with van der Waals surface area (Å²) in [5.74, 6) is 1.49. The highest BCUT2D eigenvalue weighted by Crippen LogP contribution is 2.24. The molecule has 0 aliphatic heterocycles. The molecular weight excluding hydrogens is 260 g/mol. The van der Waals surface area contributed by atoms with Crippen LogP contribution in [-0.2, 0) is 0 Å². The minimum Gasteiger partial charge on any atom is -0.496 e. The van der Waals surface area contributed by atoms with Gasteiger partial charge in [-0.1, -0.05) is 0 Å². The van der Waals surface area contributed by atoms with Crippen molar-refractivity contribution in [1.29, 1.82) is 0 Å². The fraction of sp³-hybridized carbons (Fsp3) is 0.267. The van der Waals surface area contributed by atoms with E-state index in [0.29, 0.717) is 16.2 Å². The molecule has 4 heteroatoms. The number of methoxy groups -OCH3 is 1. The first-order valence-electron chi connectivity index (χ1n) is 6.04. The molecule has 0 saturated heterocycles. The van der Waals surface area contributed by atoms with Gasteiger partial charge < -0.3 is 9.47 Å². The molecule has 0 spiro atoms. The van der Waals surface area contributed by atoms with Gasteiger partial charge in [-0.05, 0) is 38.1 Å². The Morgan fingerprint density at radius 3 is 2.37 bits per heavy atom. The molecule has 0 aliphatic rings. The van der Waals surface area contributed by atoms with E-state index < -0.39 is 0 Å². The number of ketones is 1. The summed E-state index contributed by atoms with van der Waals surface area (Å²) in [7, 11) is 1.59. The van der Waals surface area contributed by atoms with Crippen molar-refractivity contribution in [3.63, 3.8) is 0 Å². The van der Waals surface area contributed by atoms with Crippen molar-refractivity contribution in [1.82, 2.24) is 0 Å². The predicted molar refractivity (Wildman–Crippen MR) is 76.5 cm³/mol. The molecule has 0 saturated carbocycles. The van der Waals surface area contributed by atoms with Crippen LogP contribution < -0.4 is 9.47 Å². The highest BCUT2D eigenvalue weighted by Gasteiger charge is 2.12. The molecule has 0 N–H and O–H groups in total. The first kappa shape index (κ1) is 13.6. The average Bonchev–Trinajstić information content (AvgIpc) is 2.87. The van der Waals surface area contributed by atoms with Gasteiger partial charge in [-0.25, -0.2) is 0 Å². The van der Waals surface area contributed by atoms with Gasteiger partial charge in [-0.3, -0.25) is 4.79 Å². The predicted octanol–water partition coefficient (Wildman–Crippen LogP) is 3.77. The Kier molecular flexibility index (Phi) is 4.22. The lowest BCUT2D eigenvalue weighted by atomic mass is 10.1. The van der Waals surface area contributed by atoms with Crippen molar-refractivity contribution in [2.45, 2.75) is 20.0 Å². The normalized spacial score (nSPS) is 10.5. The van der Waals surface area contributed by atoms with Crippen LogP contribution in [0.4, 0.5) is 0 Å². The lowest BCUT2D eigenvalue weighted by molar-refractivity contribution is 0.104. The highest BCUT2D eigenvalue weighted by molar-refractivity contribution is 7.12. The largest absolute Gasteiger partial charge is 0.496 e. The standard InChI is InChI=1S/C15H16O3S/c1-10(2)18-12-6-4-11(5-7-12)15(16)14-8-13(17-3)9-19-14/h4-10H,1-3H3. The van der Waals surface area contributed by atoms with Gasteiger partial charge in [0, 0.05) is 17.0 Å². The molecular formula is C15H16O3S. The van der Waals surface area contributed by atoms with E-state index in [1.54, 1.807) is 25.3 Å². The molecule has 3 nitrogen and oxygen atoms in total. The molecule has 1 heterocycles. The van der Waals surface area contributed by atoms with E-state index in [1.807, 2.05) is 31.4 Å². The number of hydrogen-bond acceptors (Lipinski definition) is 4.